The average Bonchev–Trinajstić information content (AvgIpc) is 2.72. The molecule has 18 heavy (non-hydrogen) atoms. The molecule has 0 atom stereocenters. The van der Waals surface area contributed by atoms with Gasteiger partial charge in [0.15, 0.2) is 5.65 Å². The molecule has 2 heterocycles. The molecule has 0 saturated heterocycles. The van der Waals surface area contributed by atoms with Crippen LogP contribution in [0, 0.1) is 0 Å². The van der Waals surface area contributed by atoms with Crippen LogP contribution in [0.25, 0.3) is 11.0 Å². The number of hydrogen-bond acceptors (Lipinski definition) is 5. The minimum absolute atomic E-state index is 0.0550. The smallest absolute Gasteiger partial charge is 0.226 e. The molecule has 0 spiro atoms. The number of aromatic nitrogens is 4. The SMILES string of the molecule is CCCNc1nc(NC(C)(C)C)c2cn[nH]c2n1. The van der Waals surface area contributed by atoms with Crippen LogP contribution >= 0.6 is 0 Å². The Hall–Kier alpha value is -1.85. The number of anilines is 2. The molecule has 0 amide bonds. The Labute approximate surface area is 107 Å². The van der Waals surface area contributed by atoms with Crippen molar-refractivity contribution in [1.29, 1.82) is 0 Å². The highest BCUT2D eigenvalue weighted by Crippen LogP contribution is 2.22. The van der Waals surface area contributed by atoms with Crippen LogP contribution in [0.1, 0.15) is 34.1 Å². The van der Waals surface area contributed by atoms with Gasteiger partial charge in [-0.3, -0.25) is 5.10 Å². The molecular formula is C12H20N6. The molecule has 6 nitrogen and oxygen atoms in total. The van der Waals surface area contributed by atoms with E-state index in [2.05, 4.69) is 58.5 Å². The van der Waals surface area contributed by atoms with E-state index in [1.54, 1.807) is 6.20 Å². The standard InChI is InChI=1S/C12H20N6/c1-5-6-13-11-15-9(17-12(2,3)4)8-7-14-18-10(8)16-11/h7H,5-6H2,1-4H3,(H3,13,14,15,16,17,18). The third kappa shape index (κ3) is 2.88. The second-order valence-electron chi connectivity index (χ2n) is 5.33. The molecule has 2 aromatic heterocycles. The first kappa shape index (κ1) is 12.6. The number of nitrogens with zero attached hydrogens (tertiary/aromatic N) is 3. The number of H-pyrrole nitrogens is 1. The molecule has 0 saturated carbocycles. The number of fused-ring (bicyclic) bond motifs is 1. The fraction of sp³-hybridized carbons (Fsp3) is 0.583. The van der Waals surface area contributed by atoms with Crippen molar-refractivity contribution in [2.45, 2.75) is 39.7 Å². The molecule has 0 aliphatic heterocycles. The van der Waals surface area contributed by atoms with E-state index in [1.807, 2.05) is 0 Å². The van der Waals surface area contributed by atoms with Crippen LogP contribution in [0.2, 0.25) is 0 Å². The van der Waals surface area contributed by atoms with Crippen LogP contribution in [-0.4, -0.2) is 32.2 Å². The van der Waals surface area contributed by atoms with Gasteiger partial charge in [0.2, 0.25) is 5.95 Å². The molecule has 0 aliphatic carbocycles. The van der Waals surface area contributed by atoms with E-state index in [0.717, 1.165) is 29.8 Å². The average molecular weight is 248 g/mol. The maximum absolute atomic E-state index is 4.50. The maximum atomic E-state index is 4.50. The van der Waals surface area contributed by atoms with Gasteiger partial charge in [-0.15, -0.1) is 0 Å². The zero-order valence-electron chi connectivity index (χ0n) is 11.3. The summed E-state index contributed by atoms with van der Waals surface area (Å²) in [6.45, 7) is 9.26. The van der Waals surface area contributed by atoms with Crippen LogP contribution in [0.3, 0.4) is 0 Å². The van der Waals surface area contributed by atoms with Crippen molar-refractivity contribution >= 4 is 22.8 Å². The van der Waals surface area contributed by atoms with Crippen LogP contribution in [0.5, 0.6) is 0 Å². The van der Waals surface area contributed by atoms with E-state index < -0.39 is 0 Å². The fourth-order valence-corrected chi connectivity index (χ4v) is 1.60. The maximum Gasteiger partial charge on any atom is 0.226 e. The molecule has 0 unspecified atom stereocenters. The minimum Gasteiger partial charge on any atom is -0.365 e. The lowest BCUT2D eigenvalue weighted by atomic mass is 10.1. The Balaban J connectivity index is 2.38. The summed E-state index contributed by atoms with van der Waals surface area (Å²) < 4.78 is 0. The van der Waals surface area contributed by atoms with Gasteiger partial charge < -0.3 is 10.6 Å². The third-order valence-electron chi connectivity index (χ3n) is 2.34. The zero-order chi connectivity index (χ0) is 13.2. The van der Waals surface area contributed by atoms with Crippen molar-refractivity contribution in [3.8, 4) is 0 Å². The van der Waals surface area contributed by atoms with Crippen molar-refractivity contribution in [2.24, 2.45) is 0 Å². The van der Waals surface area contributed by atoms with Crippen molar-refractivity contribution in [3.63, 3.8) is 0 Å². The second kappa shape index (κ2) is 4.80. The monoisotopic (exact) mass is 248 g/mol. The summed E-state index contributed by atoms with van der Waals surface area (Å²) in [5, 5.41) is 14.4. The van der Waals surface area contributed by atoms with E-state index in [0.29, 0.717) is 5.95 Å². The number of rotatable bonds is 4. The lowest BCUT2D eigenvalue weighted by Crippen LogP contribution is -2.27. The van der Waals surface area contributed by atoms with Gasteiger partial charge in [0.1, 0.15) is 5.82 Å². The fourth-order valence-electron chi connectivity index (χ4n) is 1.60. The zero-order valence-corrected chi connectivity index (χ0v) is 11.3. The van der Waals surface area contributed by atoms with E-state index >= 15 is 0 Å². The molecule has 0 radical (unpaired) electrons. The summed E-state index contributed by atoms with van der Waals surface area (Å²) in [5.41, 5.74) is 0.691. The highest BCUT2D eigenvalue weighted by Gasteiger charge is 2.15. The predicted molar refractivity (Wildman–Crippen MR) is 73.8 cm³/mol. The Morgan fingerprint density at radius 2 is 2.06 bits per heavy atom. The summed E-state index contributed by atoms with van der Waals surface area (Å²) in [5.74, 6) is 1.43. The Morgan fingerprint density at radius 1 is 1.28 bits per heavy atom. The van der Waals surface area contributed by atoms with Crippen molar-refractivity contribution in [2.75, 3.05) is 17.2 Å². The Morgan fingerprint density at radius 3 is 2.72 bits per heavy atom. The predicted octanol–water partition coefficient (Wildman–Crippen LogP) is 2.39. The van der Waals surface area contributed by atoms with Gasteiger partial charge in [-0.25, -0.2) is 0 Å². The van der Waals surface area contributed by atoms with E-state index in [9.17, 15) is 0 Å². The molecule has 2 rings (SSSR count). The highest BCUT2D eigenvalue weighted by molar-refractivity contribution is 5.87. The lowest BCUT2D eigenvalue weighted by molar-refractivity contribution is 0.631. The van der Waals surface area contributed by atoms with Crippen molar-refractivity contribution < 1.29 is 0 Å². The van der Waals surface area contributed by atoms with Gasteiger partial charge >= 0.3 is 0 Å². The summed E-state index contributed by atoms with van der Waals surface area (Å²) in [6.07, 6.45) is 2.78. The Bertz CT molecular complexity index is 525. The highest BCUT2D eigenvalue weighted by atomic mass is 15.2. The summed E-state index contributed by atoms with van der Waals surface area (Å²) in [4.78, 5) is 8.89. The first-order valence-electron chi connectivity index (χ1n) is 6.23. The number of nitrogens with one attached hydrogen (secondary N) is 3. The van der Waals surface area contributed by atoms with Gasteiger partial charge in [0.25, 0.3) is 0 Å². The first-order chi connectivity index (χ1) is 8.49. The molecule has 2 aromatic rings. The van der Waals surface area contributed by atoms with Gasteiger partial charge in [0.05, 0.1) is 11.6 Å². The molecule has 0 aliphatic rings. The Kier molecular flexibility index (Phi) is 3.36. The molecule has 3 N–H and O–H groups in total. The molecule has 98 valence electrons. The topological polar surface area (TPSA) is 78.5 Å². The summed E-state index contributed by atoms with van der Waals surface area (Å²) in [7, 11) is 0. The van der Waals surface area contributed by atoms with E-state index in [-0.39, 0.29) is 5.54 Å². The van der Waals surface area contributed by atoms with Gasteiger partial charge in [-0.05, 0) is 27.2 Å². The quantitative estimate of drug-likeness (QED) is 0.774. The molecule has 6 heteroatoms. The lowest BCUT2D eigenvalue weighted by Gasteiger charge is -2.22. The molecule has 0 bridgehead atoms. The normalized spacial score (nSPS) is 11.8. The molecule has 0 fully saturated rings. The van der Waals surface area contributed by atoms with E-state index in [4.69, 9.17) is 0 Å². The van der Waals surface area contributed by atoms with Gasteiger partial charge in [-0.2, -0.15) is 15.1 Å². The number of aromatic amines is 1. The van der Waals surface area contributed by atoms with Crippen LogP contribution in [0.15, 0.2) is 6.20 Å². The van der Waals surface area contributed by atoms with Crippen LogP contribution < -0.4 is 10.6 Å². The van der Waals surface area contributed by atoms with Crippen LogP contribution in [0.4, 0.5) is 11.8 Å². The molecule has 0 aromatic carbocycles. The van der Waals surface area contributed by atoms with Gasteiger partial charge in [0, 0.05) is 12.1 Å². The largest absolute Gasteiger partial charge is 0.365 e. The minimum atomic E-state index is -0.0550. The van der Waals surface area contributed by atoms with E-state index in [1.165, 1.54) is 0 Å². The summed E-state index contributed by atoms with van der Waals surface area (Å²) in [6, 6.07) is 0. The van der Waals surface area contributed by atoms with Crippen LogP contribution in [-0.2, 0) is 0 Å². The van der Waals surface area contributed by atoms with Gasteiger partial charge in [-0.1, -0.05) is 6.92 Å². The van der Waals surface area contributed by atoms with Crippen molar-refractivity contribution in [1.82, 2.24) is 20.2 Å². The number of hydrogen-bond donors (Lipinski definition) is 3. The second-order valence-corrected chi connectivity index (χ2v) is 5.33. The first-order valence-corrected chi connectivity index (χ1v) is 6.23. The third-order valence-corrected chi connectivity index (χ3v) is 2.34. The summed E-state index contributed by atoms with van der Waals surface area (Å²) >= 11 is 0. The van der Waals surface area contributed by atoms with Crippen molar-refractivity contribution in [3.05, 3.63) is 6.20 Å². The molecular weight excluding hydrogens is 228 g/mol.